The number of nitrogens with zero attached hydrogens (tertiary/aromatic N) is 1. The highest BCUT2D eigenvalue weighted by Crippen LogP contribution is 2.30. The van der Waals surface area contributed by atoms with Crippen LogP contribution in [0, 0.1) is 0 Å². The number of pyridine rings is 1. The molecule has 0 saturated carbocycles. The van der Waals surface area contributed by atoms with Crippen LogP contribution in [0.3, 0.4) is 0 Å². The van der Waals surface area contributed by atoms with E-state index in [4.69, 9.17) is 5.73 Å². The van der Waals surface area contributed by atoms with Crippen molar-refractivity contribution in [2.24, 2.45) is 0 Å². The number of anilines is 1. The van der Waals surface area contributed by atoms with Crippen LogP contribution in [-0.2, 0) is 16.8 Å². The van der Waals surface area contributed by atoms with Crippen LogP contribution in [0.15, 0.2) is 60.8 Å². The fourth-order valence-corrected chi connectivity index (χ4v) is 2.90. The Bertz CT molecular complexity index is 878. The number of benzene rings is 2. The number of nitrogens with two attached hydrogens (primary N) is 1. The number of phenolic OH excluding ortho intramolecular Hbond substituents is 1. The Kier molecular flexibility index (Phi) is 4.59. The van der Waals surface area contributed by atoms with Gasteiger partial charge in [-0.3, -0.25) is 4.21 Å². The first kappa shape index (κ1) is 16.2. The van der Waals surface area contributed by atoms with Crippen molar-refractivity contribution in [1.82, 2.24) is 4.98 Å². The Hall–Kier alpha value is -2.70. The maximum Gasteiger partial charge on any atom is 0.131 e. The first-order chi connectivity index (χ1) is 11.5. The van der Waals surface area contributed by atoms with Crippen LogP contribution in [0.2, 0.25) is 0 Å². The molecule has 1 aromatic heterocycles. The van der Waals surface area contributed by atoms with Crippen molar-refractivity contribution in [2.75, 3.05) is 5.73 Å². The summed E-state index contributed by atoms with van der Waals surface area (Å²) < 4.78 is 21.5. The fourth-order valence-electron chi connectivity index (χ4n) is 2.43. The molecule has 6 heteroatoms. The number of aromatic hydroxyl groups is 1. The van der Waals surface area contributed by atoms with Gasteiger partial charge < -0.3 is 15.4 Å². The van der Waals surface area contributed by atoms with E-state index in [1.165, 1.54) is 0 Å². The van der Waals surface area contributed by atoms with E-state index in [0.29, 0.717) is 5.82 Å². The molecule has 0 saturated heterocycles. The van der Waals surface area contributed by atoms with Crippen molar-refractivity contribution in [3.05, 3.63) is 66.4 Å². The second-order valence-electron chi connectivity index (χ2n) is 5.35. The van der Waals surface area contributed by atoms with Crippen molar-refractivity contribution >= 4 is 16.9 Å². The molecular formula is C18H15N2O3S-. The van der Waals surface area contributed by atoms with Gasteiger partial charge in [0.1, 0.15) is 11.6 Å². The SMILES string of the molecule is Nc1ncc(-c2ccc(CS(=O)[O-])cc2)cc1-c1ccc(O)cc1. The molecule has 0 radical (unpaired) electrons. The lowest BCUT2D eigenvalue weighted by Crippen LogP contribution is -1.95. The van der Waals surface area contributed by atoms with Crippen molar-refractivity contribution < 1.29 is 13.9 Å². The van der Waals surface area contributed by atoms with Crippen LogP contribution in [-0.4, -0.2) is 18.9 Å². The van der Waals surface area contributed by atoms with Crippen LogP contribution in [0.4, 0.5) is 5.82 Å². The molecule has 0 bridgehead atoms. The summed E-state index contributed by atoms with van der Waals surface area (Å²) in [6.07, 6.45) is 1.68. The fraction of sp³-hybridized carbons (Fsp3) is 0.0556. The van der Waals surface area contributed by atoms with Crippen LogP contribution < -0.4 is 5.73 Å². The van der Waals surface area contributed by atoms with Crippen LogP contribution in [0.5, 0.6) is 5.75 Å². The molecule has 24 heavy (non-hydrogen) atoms. The summed E-state index contributed by atoms with van der Waals surface area (Å²) in [5, 5.41) is 9.40. The summed E-state index contributed by atoms with van der Waals surface area (Å²) in [5.41, 5.74) is 10.1. The average Bonchev–Trinajstić information content (AvgIpc) is 2.56. The Morgan fingerprint density at radius 2 is 1.62 bits per heavy atom. The predicted molar refractivity (Wildman–Crippen MR) is 93.8 cm³/mol. The largest absolute Gasteiger partial charge is 0.772 e. The number of rotatable bonds is 4. The Morgan fingerprint density at radius 1 is 1.00 bits per heavy atom. The topological polar surface area (TPSA) is 99.3 Å². The molecule has 5 nitrogen and oxygen atoms in total. The molecule has 0 amide bonds. The van der Waals surface area contributed by atoms with Gasteiger partial charge in [0.25, 0.3) is 0 Å². The lowest BCUT2D eigenvalue weighted by atomic mass is 10.0. The van der Waals surface area contributed by atoms with E-state index in [-0.39, 0.29) is 11.5 Å². The van der Waals surface area contributed by atoms with Crippen molar-refractivity contribution in [3.8, 4) is 28.0 Å². The predicted octanol–water partition coefficient (Wildman–Crippen LogP) is 3.08. The molecular weight excluding hydrogens is 324 g/mol. The smallest absolute Gasteiger partial charge is 0.131 e. The van der Waals surface area contributed by atoms with E-state index < -0.39 is 11.1 Å². The highest BCUT2D eigenvalue weighted by molar-refractivity contribution is 7.78. The summed E-state index contributed by atoms with van der Waals surface area (Å²) in [6, 6.07) is 15.9. The molecule has 0 spiro atoms. The highest BCUT2D eigenvalue weighted by atomic mass is 32.2. The van der Waals surface area contributed by atoms with E-state index in [2.05, 4.69) is 4.98 Å². The average molecular weight is 339 g/mol. The van der Waals surface area contributed by atoms with Gasteiger partial charge in [-0.2, -0.15) is 0 Å². The molecule has 3 rings (SSSR count). The zero-order chi connectivity index (χ0) is 17.1. The number of hydrogen-bond acceptors (Lipinski definition) is 5. The van der Waals surface area contributed by atoms with E-state index >= 15 is 0 Å². The maximum atomic E-state index is 10.7. The standard InChI is InChI=1S/C18H16N2O3S/c19-18-17(14-5-7-16(21)8-6-14)9-15(10-20-18)13-3-1-12(2-4-13)11-24(22)23/h1-10,21H,11H2,(H2,19,20)(H,22,23)/p-1. The van der Waals surface area contributed by atoms with Crippen LogP contribution in [0.1, 0.15) is 5.56 Å². The van der Waals surface area contributed by atoms with E-state index in [1.54, 1.807) is 42.6 Å². The van der Waals surface area contributed by atoms with Gasteiger partial charge in [0.05, 0.1) is 0 Å². The number of phenols is 1. The minimum Gasteiger partial charge on any atom is -0.772 e. The number of aromatic nitrogens is 1. The summed E-state index contributed by atoms with van der Waals surface area (Å²) in [4.78, 5) is 4.24. The third-order valence-electron chi connectivity index (χ3n) is 3.67. The normalized spacial score (nSPS) is 12.0. The Balaban J connectivity index is 1.96. The molecule has 0 fully saturated rings. The van der Waals surface area contributed by atoms with Crippen molar-refractivity contribution in [2.45, 2.75) is 5.75 Å². The second-order valence-corrected chi connectivity index (χ2v) is 6.24. The van der Waals surface area contributed by atoms with E-state index in [1.807, 2.05) is 18.2 Å². The third kappa shape index (κ3) is 3.61. The quantitative estimate of drug-likeness (QED) is 0.712. The summed E-state index contributed by atoms with van der Waals surface area (Å²) in [7, 11) is 0. The first-order valence-corrected chi connectivity index (χ1v) is 8.47. The molecule has 0 aliphatic heterocycles. The Morgan fingerprint density at radius 3 is 2.25 bits per heavy atom. The van der Waals surface area contributed by atoms with E-state index in [0.717, 1.165) is 27.8 Å². The molecule has 0 aliphatic carbocycles. The molecule has 1 atom stereocenters. The van der Waals surface area contributed by atoms with Gasteiger partial charge in [-0.15, -0.1) is 0 Å². The van der Waals surface area contributed by atoms with Crippen molar-refractivity contribution in [1.29, 1.82) is 0 Å². The zero-order valence-corrected chi connectivity index (χ0v) is 13.5. The maximum absolute atomic E-state index is 10.7. The van der Waals surface area contributed by atoms with Crippen LogP contribution >= 0.6 is 0 Å². The van der Waals surface area contributed by atoms with Crippen molar-refractivity contribution in [3.63, 3.8) is 0 Å². The molecule has 3 aromatic rings. The van der Waals surface area contributed by atoms with E-state index in [9.17, 15) is 13.9 Å². The number of nitrogen functional groups attached to an aromatic ring is 1. The van der Waals surface area contributed by atoms with Gasteiger partial charge >= 0.3 is 0 Å². The van der Waals surface area contributed by atoms with Gasteiger partial charge in [0.15, 0.2) is 0 Å². The molecule has 2 aromatic carbocycles. The third-order valence-corrected chi connectivity index (χ3v) is 4.24. The molecule has 1 heterocycles. The van der Waals surface area contributed by atoms with Gasteiger partial charge in [-0.1, -0.05) is 47.5 Å². The molecule has 0 aliphatic rings. The van der Waals surface area contributed by atoms with Gasteiger partial charge in [0.2, 0.25) is 0 Å². The lowest BCUT2D eigenvalue weighted by Gasteiger charge is -2.10. The monoisotopic (exact) mass is 339 g/mol. The molecule has 3 N–H and O–H groups in total. The zero-order valence-electron chi connectivity index (χ0n) is 12.7. The van der Waals surface area contributed by atoms with Crippen LogP contribution in [0.25, 0.3) is 22.3 Å². The first-order valence-electron chi connectivity index (χ1n) is 7.23. The van der Waals surface area contributed by atoms with Gasteiger partial charge in [-0.05, 0) is 34.9 Å². The summed E-state index contributed by atoms with van der Waals surface area (Å²) in [5.74, 6) is 0.592. The van der Waals surface area contributed by atoms with Gasteiger partial charge in [-0.25, -0.2) is 4.98 Å². The minimum absolute atomic E-state index is 0.000966. The summed E-state index contributed by atoms with van der Waals surface area (Å²) >= 11 is -2.10. The molecule has 1 unspecified atom stereocenters. The van der Waals surface area contributed by atoms with Gasteiger partial charge in [0, 0.05) is 23.1 Å². The number of hydrogen-bond donors (Lipinski definition) is 2. The highest BCUT2D eigenvalue weighted by Gasteiger charge is 2.07. The second kappa shape index (κ2) is 6.82. The Labute approximate surface area is 142 Å². The minimum atomic E-state index is -2.10. The summed E-state index contributed by atoms with van der Waals surface area (Å²) in [6.45, 7) is 0. The molecule has 122 valence electrons. The lowest BCUT2D eigenvalue weighted by molar-refractivity contribution is 0.475.